The van der Waals surface area contributed by atoms with Gasteiger partial charge in [0.05, 0.1) is 16.4 Å². The van der Waals surface area contributed by atoms with Crippen LogP contribution in [0.25, 0.3) is 11.1 Å². The van der Waals surface area contributed by atoms with Crippen LogP contribution >= 0.6 is 8.81 Å². The third-order valence-corrected chi connectivity index (χ3v) is 7.13. The summed E-state index contributed by atoms with van der Waals surface area (Å²) < 4.78 is 17.5. The predicted octanol–water partition coefficient (Wildman–Crippen LogP) is 6.07. The van der Waals surface area contributed by atoms with Crippen molar-refractivity contribution in [3.63, 3.8) is 0 Å². The quantitative estimate of drug-likeness (QED) is 0.0711. The van der Waals surface area contributed by atoms with Gasteiger partial charge in [0.2, 0.25) is 0 Å². The molecule has 9 heteroatoms. The minimum atomic E-state index is -0.590. The molecule has 8 nitrogen and oxygen atoms in total. The van der Waals surface area contributed by atoms with E-state index in [1.807, 2.05) is 30.3 Å². The molecule has 0 spiro atoms. The molecule has 0 saturated carbocycles. The van der Waals surface area contributed by atoms with Gasteiger partial charge in [-0.15, -0.1) is 0 Å². The molecule has 0 aliphatic carbocycles. The third-order valence-electron chi connectivity index (χ3n) is 6.19. The van der Waals surface area contributed by atoms with Gasteiger partial charge >= 0.3 is 11.9 Å². The van der Waals surface area contributed by atoms with E-state index in [-0.39, 0.29) is 20.3 Å². The number of carbonyl (C=O) groups excluding carboxylic acids is 3. The molecule has 208 valence electrons. The van der Waals surface area contributed by atoms with E-state index >= 15 is 0 Å². The fourth-order valence-electron chi connectivity index (χ4n) is 4.04. The Bertz CT molecular complexity index is 1750. The highest BCUT2D eigenvalue weighted by molar-refractivity contribution is 7.42. The first-order valence-corrected chi connectivity index (χ1v) is 13.7. The lowest BCUT2D eigenvalue weighted by Crippen LogP contribution is -2.15. The minimum absolute atomic E-state index is 0.230. The molecular formula is C33H25N2O6P. The van der Waals surface area contributed by atoms with Crippen LogP contribution in [-0.4, -0.2) is 18.2 Å². The largest absolute Gasteiger partial charge is 0.472 e. The van der Waals surface area contributed by atoms with Crippen LogP contribution in [0.15, 0.2) is 115 Å². The molecular weight excluding hydrogens is 551 g/mol. The number of nitrogen functional groups attached to an aromatic ring is 2. The van der Waals surface area contributed by atoms with E-state index < -0.39 is 11.9 Å². The van der Waals surface area contributed by atoms with Crippen molar-refractivity contribution in [2.75, 3.05) is 11.5 Å². The molecule has 0 radical (unpaired) electrons. The van der Waals surface area contributed by atoms with Crippen LogP contribution in [0.3, 0.4) is 0 Å². The fraction of sp³-hybridized carbons (Fsp3) is 0. The molecule has 4 N–H and O–H groups in total. The molecule has 0 saturated heterocycles. The van der Waals surface area contributed by atoms with Crippen molar-refractivity contribution < 1.29 is 28.4 Å². The van der Waals surface area contributed by atoms with Gasteiger partial charge in [-0.3, -0.25) is 4.79 Å². The summed E-state index contributed by atoms with van der Waals surface area (Å²) >= 11 is 0. The molecule has 5 aromatic rings. The normalized spacial score (nSPS) is 10.8. The number of ether oxygens (including phenoxy) is 2. The second-order valence-corrected chi connectivity index (χ2v) is 10.0. The van der Waals surface area contributed by atoms with Crippen LogP contribution in [0.4, 0.5) is 11.4 Å². The molecule has 5 rings (SSSR count). The minimum Gasteiger partial charge on any atom is -0.472 e. The van der Waals surface area contributed by atoms with Gasteiger partial charge in [-0.25, -0.2) is 9.59 Å². The Morgan fingerprint density at radius 2 is 1.19 bits per heavy atom. The van der Waals surface area contributed by atoms with E-state index in [0.717, 1.165) is 11.8 Å². The summed E-state index contributed by atoms with van der Waals surface area (Å²) in [7, 11) is -0.361. The molecule has 42 heavy (non-hydrogen) atoms. The summed E-state index contributed by atoms with van der Waals surface area (Å²) in [4.78, 5) is 37.3. The first kappa shape index (κ1) is 28.1. The molecule has 0 heterocycles. The zero-order valence-corrected chi connectivity index (χ0v) is 23.2. The fourth-order valence-corrected chi connectivity index (χ4v) is 4.87. The zero-order chi connectivity index (χ0) is 29.5. The molecule has 0 aliphatic rings. The number of carbonyl (C=O) groups is 3. The van der Waals surface area contributed by atoms with Crippen molar-refractivity contribution in [3.8, 4) is 28.4 Å². The van der Waals surface area contributed by atoms with Crippen LogP contribution in [0.5, 0.6) is 17.2 Å². The van der Waals surface area contributed by atoms with E-state index in [2.05, 4.69) is 0 Å². The van der Waals surface area contributed by atoms with Gasteiger partial charge in [0.25, 0.3) is 0 Å². The van der Waals surface area contributed by atoms with Gasteiger partial charge in [0.1, 0.15) is 26.1 Å². The maximum absolute atomic E-state index is 12.9. The lowest BCUT2D eigenvalue weighted by atomic mass is 10.00. The Balaban J connectivity index is 1.44. The van der Waals surface area contributed by atoms with E-state index in [4.69, 9.17) is 25.5 Å². The topological polar surface area (TPSA) is 131 Å². The molecule has 0 bridgehead atoms. The van der Waals surface area contributed by atoms with Gasteiger partial charge < -0.3 is 25.5 Å². The van der Waals surface area contributed by atoms with Crippen molar-refractivity contribution in [2.24, 2.45) is 0 Å². The van der Waals surface area contributed by atoms with Gasteiger partial charge in [-0.1, -0.05) is 42.5 Å². The second kappa shape index (κ2) is 12.8. The summed E-state index contributed by atoms with van der Waals surface area (Å²) in [5, 5.41) is 0.472. The van der Waals surface area contributed by atoms with E-state index in [0.29, 0.717) is 44.7 Å². The maximum atomic E-state index is 12.9. The monoisotopic (exact) mass is 576 g/mol. The van der Waals surface area contributed by atoms with E-state index in [1.165, 1.54) is 6.07 Å². The van der Waals surface area contributed by atoms with Crippen molar-refractivity contribution in [1.29, 1.82) is 0 Å². The molecule has 0 aromatic heterocycles. The Morgan fingerprint density at radius 1 is 0.619 bits per heavy atom. The van der Waals surface area contributed by atoms with Gasteiger partial charge in [-0.2, -0.15) is 0 Å². The van der Waals surface area contributed by atoms with Crippen LogP contribution in [0, 0.1) is 0 Å². The standard InChI is InChI=1S/C33H25N2O6P/c34-24-13-9-21(10-14-24)32(37)39-26-17-18-30(40-33(38)22-11-15-25(35)16-12-22)31(19-26)42-41-29-8-4-3-7-28(29)27-6-2-1-5-23(27)20-36/h1-20,42H,34-35H2. The molecule has 5 aromatic carbocycles. The van der Waals surface area contributed by atoms with Crippen LogP contribution in [0.2, 0.25) is 0 Å². The number of anilines is 2. The van der Waals surface area contributed by atoms with E-state index in [1.54, 1.807) is 78.9 Å². The summed E-state index contributed by atoms with van der Waals surface area (Å²) in [5.41, 5.74) is 15.1. The van der Waals surface area contributed by atoms with Gasteiger partial charge in [0.15, 0.2) is 6.29 Å². The summed E-state index contributed by atoms with van der Waals surface area (Å²) in [6.07, 6.45) is 0.794. The average molecular weight is 577 g/mol. The van der Waals surface area contributed by atoms with Crippen LogP contribution in [0.1, 0.15) is 31.1 Å². The predicted molar refractivity (Wildman–Crippen MR) is 164 cm³/mol. The molecule has 0 amide bonds. The van der Waals surface area contributed by atoms with Gasteiger partial charge in [0, 0.05) is 22.5 Å². The van der Waals surface area contributed by atoms with Crippen molar-refractivity contribution in [1.82, 2.24) is 0 Å². The maximum Gasteiger partial charge on any atom is 0.343 e. The first-order valence-electron chi connectivity index (χ1n) is 12.8. The number of hydrogen-bond acceptors (Lipinski definition) is 8. The Hall–Kier alpha value is -5.46. The van der Waals surface area contributed by atoms with Crippen molar-refractivity contribution >= 4 is 43.7 Å². The number of aldehydes is 1. The number of benzene rings is 5. The smallest absolute Gasteiger partial charge is 0.343 e. The second-order valence-electron chi connectivity index (χ2n) is 9.09. The Labute approximate surface area is 243 Å². The Morgan fingerprint density at radius 3 is 1.83 bits per heavy atom. The number of esters is 2. The molecule has 0 fully saturated rings. The highest BCUT2D eigenvalue weighted by Crippen LogP contribution is 2.36. The summed E-state index contributed by atoms with van der Waals surface area (Å²) in [6, 6.07) is 31.9. The number of para-hydroxylation sites is 1. The lowest BCUT2D eigenvalue weighted by Gasteiger charge is -2.15. The molecule has 0 aliphatic heterocycles. The number of hydrogen-bond donors (Lipinski definition) is 2. The van der Waals surface area contributed by atoms with Crippen LogP contribution in [-0.2, 0) is 0 Å². The number of nitrogens with two attached hydrogens (primary N) is 2. The van der Waals surface area contributed by atoms with Gasteiger partial charge in [-0.05, 0) is 78.4 Å². The SMILES string of the molecule is Nc1ccc(C(=O)Oc2ccc(OC(=O)c3ccc(N)cc3)c(POc3ccccc3-c3ccccc3C=O)c2)cc1. The number of rotatable bonds is 9. The third kappa shape index (κ3) is 6.63. The highest BCUT2D eigenvalue weighted by atomic mass is 31.1. The Kier molecular flexibility index (Phi) is 8.56. The summed E-state index contributed by atoms with van der Waals surface area (Å²) in [5.74, 6) is -0.186. The lowest BCUT2D eigenvalue weighted by molar-refractivity contribution is 0.0720. The average Bonchev–Trinajstić information content (AvgIpc) is 3.01. The van der Waals surface area contributed by atoms with Crippen molar-refractivity contribution in [2.45, 2.75) is 0 Å². The molecule has 1 unspecified atom stereocenters. The molecule has 1 atom stereocenters. The first-order chi connectivity index (χ1) is 20.4. The van der Waals surface area contributed by atoms with Crippen LogP contribution < -0.4 is 30.8 Å². The van der Waals surface area contributed by atoms with E-state index in [9.17, 15) is 14.4 Å². The summed E-state index contributed by atoms with van der Waals surface area (Å²) in [6.45, 7) is 0. The zero-order valence-electron chi connectivity index (χ0n) is 22.2. The highest BCUT2D eigenvalue weighted by Gasteiger charge is 2.17. The van der Waals surface area contributed by atoms with Crippen molar-refractivity contribution in [3.05, 3.63) is 132 Å².